The van der Waals surface area contributed by atoms with Crippen molar-refractivity contribution in [2.75, 3.05) is 19.7 Å². The Hall–Kier alpha value is -2.92. The first-order valence-electron chi connectivity index (χ1n) is 11.1. The third kappa shape index (κ3) is 3.57. The van der Waals surface area contributed by atoms with Crippen LogP contribution in [0, 0.1) is 13.8 Å². The highest BCUT2D eigenvalue weighted by atomic mass is 16.5. The second-order valence-electron chi connectivity index (χ2n) is 8.82. The summed E-state index contributed by atoms with van der Waals surface area (Å²) in [7, 11) is 0. The van der Waals surface area contributed by atoms with E-state index in [9.17, 15) is 9.59 Å². The molecule has 0 aromatic heterocycles. The molecular weight excluding hydrogens is 388 g/mol. The lowest BCUT2D eigenvalue weighted by Crippen LogP contribution is -2.40. The molecular formula is C26H28N2O3. The minimum absolute atomic E-state index is 0.0599. The van der Waals surface area contributed by atoms with Crippen LogP contribution in [0.5, 0.6) is 0 Å². The number of hydrogen-bond donors (Lipinski definition) is 0. The largest absolute Gasteiger partial charge is 0.376 e. The van der Waals surface area contributed by atoms with Crippen molar-refractivity contribution in [1.82, 2.24) is 9.80 Å². The molecule has 0 radical (unpaired) electrons. The van der Waals surface area contributed by atoms with E-state index in [1.165, 1.54) is 21.6 Å². The van der Waals surface area contributed by atoms with Crippen LogP contribution in [0.25, 0.3) is 5.57 Å². The number of rotatable bonds is 4. The van der Waals surface area contributed by atoms with Crippen LogP contribution in [0.15, 0.2) is 48.2 Å². The summed E-state index contributed by atoms with van der Waals surface area (Å²) in [6.07, 6.45) is 2.68. The summed E-state index contributed by atoms with van der Waals surface area (Å²) in [5, 5.41) is 0. The van der Waals surface area contributed by atoms with Gasteiger partial charge >= 0.3 is 0 Å². The van der Waals surface area contributed by atoms with Gasteiger partial charge in [0.05, 0.1) is 18.2 Å². The summed E-state index contributed by atoms with van der Waals surface area (Å²) in [5.41, 5.74) is 6.73. The maximum absolute atomic E-state index is 13.6. The van der Waals surface area contributed by atoms with Crippen molar-refractivity contribution in [2.45, 2.75) is 45.8 Å². The number of carbonyl (C=O) groups is 2. The predicted molar refractivity (Wildman–Crippen MR) is 119 cm³/mol. The quantitative estimate of drug-likeness (QED) is 0.715. The highest BCUT2D eigenvalue weighted by Gasteiger charge is 2.43. The smallest absolute Gasteiger partial charge is 0.277 e. The Bertz CT molecular complexity index is 1080. The predicted octanol–water partition coefficient (Wildman–Crippen LogP) is 3.62. The number of ether oxygens (including phenoxy) is 1. The topological polar surface area (TPSA) is 49.9 Å². The van der Waals surface area contributed by atoms with Crippen LogP contribution in [-0.2, 0) is 27.3 Å². The Morgan fingerprint density at radius 1 is 1.00 bits per heavy atom. The lowest BCUT2D eigenvalue weighted by Gasteiger charge is -2.31. The summed E-state index contributed by atoms with van der Waals surface area (Å²) in [6, 6.07) is 14.4. The van der Waals surface area contributed by atoms with Gasteiger partial charge in [0.1, 0.15) is 5.70 Å². The molecule has 2 aromatic carbocycles. The second-order valence-corrected chi connectivity index (χ2v) is 8.82. The van der Waals surface area contributed by atoms with E-state index in [1.807, 2.05) is 31.2 Å². The van der Waals surface area contributed by atoms with E-state index in [0.29, 0.717) is 31.0 Å². The maximum atomic E-state index is 13.6. The summed E-state index contributed by atoms with van der Waals surface area (Å²) in [6.45, 7) is 6.51. The monoisotopic (exact) mass is 416 g/mol. The number of amides is 2. The van der Waals surface area contributed by atoms with Crippen LogP contribution in [-0.4, -0.2) is 47.4 Å². The minimum Gasteiger partial charge on any atom is -0.376 e. The fourth-order valence-corrected chi connectivity index (χ4v) is 4.86. The zero-order valence-electron chi connectivity index (χ0n) is 18.2. The third-order valence-electron chi connectivity index (χ3n) is 6.80. The summed E-state index contributed by atoms with van der Waals surface area (Å²) >= 11 is 0. The zero-order valence-corrected chi connectivity index (χ0v) is 18.2. The molecule has 0 spiro atoms. The van der Waals surface area contributed by atoms with Gasteiger partial charge in [-0.3, -0.25) is 14.5 Å². The molecule has 0 bridgehead atoms. The molecule has 3 aliphatic heterocycles. The van der Waals surface area contributed by atoms with E-state index < -0.39 is 0 Å². The molecule has 1 saturated heterocycles. The van der Waals surface area contributed by atoms with Crippen LogP contribution in [0.3, 0.4) is 0 Å². The Balaban J connectivity index is 1.55. The molecule has 1 fully saturated rings. The molecule has 5 nitrogen and oxygen atoms in total. The Morgan fingerprint density at radius 2 is 1.81 bits per heavy atom. The molecule has 5 heteroatoms. The summed E-state index contributed by atoms with van der Waals surface area (Å²) in [4.78, 5) is 30.7. The van der Waals surface area contributed by atoms with Crippen molar-refractivity contribution < 1.29 is 14.3 Å². The molecule has 3 heterocycles. The third-order valence-corrected chi connectivity index (χ3v) is 6.80. The molecule has 0 aliphatic carbocycles. The fraction of sp³-hybridized carbons (Fsp3) is 0.385. The minimum atomic E-state index is -0.197. The summed E-state index contributed by atoms with van der Waals surface area (Å²) < 4.78 is 5.74. The first-order valence-corrected chi connectivity index (χ1v) is 11.1. The Labute approximate surface area is 183 Å². The lowest BCUT2D eigenvalue weighted by molar-refractivity contribution is -0.139. The van der Waals surface area contributed by atoms with E-state index in [1.54, 1.807) is 0 Å². The van der Waals surface area contributed by atoms with Crippen molar-refractivity contribution in [1.29, 1.82) is 0 Å². The molecule has 1 unspecified atom stereocenters. The van der Waals surface area contributed by atoms with Gasteiger partial charge in [0.25, 0.3) is 11.8 Å². The van der Waals surface area contributed by atoms with Gasteiger partial charge in [-0.2, -0.15) is 0 Å². The van der Waals surface area contributed by atoms with Crippen LogP contribution in [0.2, 0.25) is 0 Å². The number of carbonyl (C=O) groups excluding carboxylic acids is 2. The number of aryl methyl sites for hydroxylation is 2. The molecule has 0 saturated carbocycles. The lowest BCUT2D eigenvalue weighted by atomic mass is 9.96. The Kier molecular flexibility index (Phi) is 5.14. The highest BCUT2D eigenvalue weighted by molar-refractivity contribution is 6.35. The molecule has 5 rings (SSSR count). The van der Waals surface area contributed by atoms with E-state index in [0.717, 1.165) is 36.9 Å². The number of nitrogens with zero attached hydrogens (tertiary/aromatic N) is 2. The average molecular weight is 417 g/mol. The Morgan fingerprint density at radius 3 is 2.55 bits per heavy atom. The van der Waals surface area contributed by atoms with Crippen molar-refractivity contribution in [3.63, 3.8) is 0 Å². The zero-order chi connectivity index (χ0) is 21.5. The summed E-state index contributed by atoms with van der Waals surface area (Å²) in [5.74, 6) is -0.384. The fourth-order valence-electron chi connectivity index (χ4n) is 4.86. The first-order chi connectivity index (χ1) is 15.0. The molecule has 0 N–H and O–H groups in total. The van der Waals surface area contributed by atoms with Crippen LogP contribution < -0.4 is 0 Å². The van der Waals surface area contributed by atoms with Gasteiger partial charge in [0, 0.05) is 19.7 Å². The molecule has 2 aromatic rings. The number of imide groups is 1. The van der Waals surface area contributed by atoms with E-state index >= 15 is 0 Å². The van der Waals surface area contributed by atoms with E-state index in [-0.39, 0.29) is 17.9 Å². The molecule has 160 valence electrons. The van der Waals surface area contributed by atoms with Crippen LogP contribution >= 0.6 is 0 Å². The number of benzene rings is 2. The van der Waals surface area contributed by atoms with Gasteiger partial charge in [-0.15, -0.1) is 0 Å². The van der Waals surface area contributed by atoms with E-state index in [2.05, 4.69) is 30.0 Å². The van der Waals surface area contributed by atoms with Crippen LogP contribution in [0.1, 0.15) is 40.7 Å². The van der Waals surface area contributed by atoms with Crippen molar-refractivity contribution >= 4 is 17.4 Å². The second kappa shape index (κ2) is 7.97. The number of fused-ring (bicyclic) bond motifs is 1. The van der Waals surface area contributed by atoms with Gasteiger partial charge in [-0.1, -0.05) is 42.5 Å². The maximum Gasteiger partial charge on any atom is 0.277 e. The first kappa shape index (κ1) is 20.0. The van der Waals surface area contributed by atoms with Crippen molar-refractivity contribution in [3.8, 4) is 0 Å². The molecule has 31 heavy (non-hydrogen) atoms. The molecule has 1 atom stereocenters. The highest BCUT2D eigenvalue weighted by Crippen LogP contribution is 2.35. The molecule has 2 amide bonds. The van der Waals surface area contributed by atoms with Gasteiger partial charge in [0.15, 0.2) is 0 Å². The number of hydrogen-bond acceptors (Lipinski definition) is 4. The van der Waals surface area contributed by atoms with Crippen molar-refractivity contribution in [2.24, 2.45) is 0 Å². The van der Waals surface area contributed by atoms with Gasteiger partial charge in [0.2, 0.25) is 0 Å². The van der Waals surface area contributed by atoms with Gasteiger partial charge in [-0.25, -0.2) is 0 Å². The standard InChI is InChI=1S/C26H28N2O3/c1-17-9-10-20(14-18(17)2)23-24(27-12-11-19-6-3-4-7-21(19)15-27)26(30)28(25(23)29)16-22-8-5-13-31-22/h3-4,6-7,9-10,14,22H,5,8,11-13,15-16H2,1-2H3. The SMILES string of the molecule is Cc1ccc(C2=C(N3CCc4ccccc4C3)C(=O)N(CC3CCCO3)C2=O)cc1C. The van der Waals surface area contributed by atoms with Gasteiger partial charge < -0.3 is 9.64 Å². The average Bonchev–Trinajstić information content (AvgIpc) is 3.38. The van der Waals surface area contributed by atoms with Gasteiger partial charge in [-0.05, 0) is 60.9 Å². The van der Waals surface area contributed by atoms with E-state index in [4.69, 9.17) is 4.74 Å². The van der Waals surface area contributed by atoms with Crippen LogP contribution in [0.4, 0.5) is 0 Å². The normalized spacial score (nSPS) is 21.3. The molecule has 3 aliphatic rings. The van der Waals surface area contributed by atoms with Crippen molar-refractivity contribution in [3.05, 3.63) is 76.0 Å².